The number of hydrogen-bond acceptors (Lipinski definition) is 1. The largest absolute Gasteiger partial charge is 0.334 e. The average molecular weight is 153 g/mol. The van der Waals surface area contributed by atoms with Crippen molar-refractivity contribution in [1.29, 1.82) is 0 Å². The van der Waals surface area contributed by atoms with Crippen molar-refractivity contribution in [3.8, 4) is 0 Å². The van der Waals surface area contributed by atoms with Crippen molar-refractivity contribution in [3.05, 3.63) is 12.7 Å². The van der Waals surface area contributed by atoms with Gasteiger partial charge in [-0.3, -0.25) is 0 Å². The van der Waals surface area contributed by atoms with Gasteiger partial charge in [0.15, 0.2) is 0 Å². The lowest BCUT2D eigenvalue weighted by Crippen LogP contribution is -2.07. The Hall–Kier alpha value is 0.270. The summed E-state index contributed by atoms with van der Waals surface area (Å²) in [6.45, 7) is 0.518. The summed E-state index contributed by atoms with van der Waals surface area (Å²) in [7, 11) is 0. The standard InChI is InChI=1S/C3H8NO2PS/c1-2-3-4-7(5,6)8/h2H,1,3H2,(H3,4,5,6,8). The molecule has 0 aromatic heterocycles. The first-order chi connectivity index (χ1) is 3.56. The van der Waals surface area contributed by atoms with Crippen LogP contribution in [0.15, 0.2) is 12.7 Å². The first-order valence-corrected chi connectivity index (χ1v) is 4.68. The Bertz CT molecular complexity index is 120. The molecule has 0 aliphatic rings. The highest BCUT2D eigenvalue weighted by molar-refractivity contribution is 8.08. The second kappa shape index (κ2) is 3.33. The minimum absolute atomic E-state index is 0.338. The molecule has 0 radical (unpaired) electrons. The van der Waals surface area contributed by atoms with Crippen molar-refractivity contribution in [3.63, 3.8) is 0 Å². The molecule has 0 amide bonds. The van der Waals surface area contributed by atoms with Crippen LogP contribution >= 0.6 is 6.64 Å². The van der Waals surface area contributed by atoms with Gasteiger partial charge < -0.3 is 9.79 Å². The third-order valence-corrected chi connectivity index (χ3v) is 1.42. The van der Waals surface area contributed by atoms with Crippen LogP contribution in [0.4, 0.5) is 0 Å². The minimum Gasteiger partial charge on any atom is -0.334 e. The van der Waals surface area contributed by atoms with Crippen molar-refractivity contribution < 1.29 is 9.79 Å². The molecule has 0 aromatic carbocycles. The fourth-order valence-corrected chi connectivity index (χ4v) is 0.774. The quantitative estimate of drug-likeness (QED) is 0.393. The van der Waals surface area contributed by atoms with E-state index in [0.717, 1.165) is 0 Å². The Morgan fingerprint density at radius 3 is 2.38 bits per heavy atom. The minimum atomic E-state index is -3.17. The van der Waals surface area contributed by atoms with E-state index in [1.807, 2.05) is 0 Å². The van der Waals surface area contributed by atoms with Gasteiger partial charge in [-0.15, -0.1) is 6.58 Å². The Morgan fingerprint density at radius 2 is 2.25 bits per heavy atom. The maximum Gasteiger partial charge on any atom is 0.256 e. The molecule has 0 fully saturated rings. The molecular formula is C3H8NO2PS. The molecule has 0 saturated heterocycles. The maximum absolute atomic E-state index is 8.47. The lowest BCUT2D eigenvalue weighted by Gasteiger charge is -2.04. The van der Waals surface area contributed by atoms with Gasteiger partial charge in [0.25, 0.3) is 6.64 Å². The van der Waals surface area contributed by atoms with Gasteiger partial charge in [-0.05, 0) is 11.8 Å². The second-order valence-electron chi connectivity index (χ2n) is 1.19. The average Bonchev–Trinajstić information content (AvgIpc) is 1.59. The van der Waals surface area contributed by atoms with E-state index in [4.69, 9.17) is 9.79 Å². The van der Waals surface area contributed by atoms with Crippen molar-refractivity contribution in [1.82, 2.24) is 5.09 Å². The van der Waals surface area contributed by atoms with Crippen molar-refractivity contribution >= 4 is 18.4 Å². The van der Waals surface area contributed by atoms with E-state index in [1.54, 1.807) is 0 Å². The predicted octanol–water partition coefficient (Wildman–Crippen LogP) is -0.0289. The van der Waals surface area contributed by atoms with Crippen LogP contribution in [0.3, 0.4) is 0 Å². The summed E-state index contributed by atoms with van der Waals surface area (Å²) >= 11 is 4.21. The molecule has 0 unspecified atom stereocenters. The van der Waals surface area contributed by atoms with Crippen LogP contribution in [0, 0.1) is 0 Å². The van der Waals surface area contributed by atoms with Gasteiger partial charge in [-0.1, -0.05) is 6.08 Å². The van der Waals surface area contributed by atoms with Crippen LogP contribution in [0.5, 0.6) is 0 Å². The van der Waals surface area contributed by atoms with Crippen LogP contribution in [0.25, 0.3) is 0 Å². The molecule has 3 nitrogen and oxygen atoms in total. The zero-order chi connectivity index (χ0) is 6.62. The summed E-state index contributed by atoms with van der Waals surface area (Å²) < 4.78 is 0. The van der Waals surface area contributed by atoms with Crippen molar-refractivity contribution in [2.45, 2.75) is 0 Å². The smallest absolute Gasteiger partial charge is 0.256 e. The molecule has 0 heterocycles. The predicted molar refractivity (Wildman–Crippen MR) is 36.9 cm³/mol. The molecule has 3 N–H and O–H groups in total. The fourth-order valence-electron chi connectivity index (χ4n) is 0.183. The van der Waals surface area contributed by atoms with E-state index < -0.39 is 6.64 Å². The number of rotatable bonds is 3. The molecule has 0 atom stereocenters. The molecule has 48 valence electrons. The number of nitrogens with one attached hydrogen (secondary N) is 1. The summed E-state index contributed by atoms with van der Waals surface area (Å²) in [4.78, 5) is 16.9. The Balaban J connectivity index is 3.40. The summed E-state index contributed by atoms with van der Waals surface area (Å²) in [5, 5.41) is 2.29. The van der Waals surface area contributed by atoms with Crippen LogP contribution < -0.4 is 5.09 Å². The topological polar surface area (TPSA) is 52.5 Å². The van der Waals surface area contributed by atoms with Crippen LogP contribution in [-0.4, -0.2) is 16.3 Å². The third kappa shape index (κ3) is 6.27. The van der Waals surface area contributed by atoms with Gasteiger partial charge in [0, 0.05) is 6.54 Å². The second-order valence-corrected chi connectivity index (χ2v) is 4.13. The SMILES string of the molecule is C=CCNP(O)(O)=S. The zero-order valence-corrected chi connectivity index (χ0v) is 5.95. The molecule has 0 bridgehead atoms. The summed E-state index contributed by atoms with van der Waals surface area (Å²) in [6, 6.07) is 0. The number of hydrogen-bond donors (Lipinski definition) is 3. The van der Waals surface area contributed by atoms with Gasteiger partial charge >= 0.3 is 0 Å². The Labute approximate surface area is 53.3 Å². The lowest BCUT2D eigenvalue weighted by atomic mass is 10.7. The van der Waals surface area contributed by atoms with Gasteiger partial charge in [-0.2, -0.15) is 0 Å². The van der Waals surface area contributed by atoms with E-state index in [0.29, 0.717) is 6.54 Å². The van der Waals surface area contributed by atoms with E-state index >= 15 is 0 Å². The molecule has 0 aliphatic carbocycles. The normalized spacial score (nSPS) is 11.2. The third-order valence-electron chi connectivity index (χ3n) is 0.442. The molecule has 0 aromatic rings. The van der Waals surface area contributed by atoms with Crippen molar-refractivity contribution in [2.24, 2.45) is 0 Å². The highest BCUT2D eigenvalue weighted by Crippen LogP contribution is 2.27. The van der Waals surface area contributed by atoms with Gasteiger partial charge in [0.05, 0.1) is 0 Å². The van der Waals surface area contributed by atoms with Gasteiger partial charge in [0.2, 0.25) is 0 Å². The van der Waals surface area contributed by atoms with Gasteiger partial charge in [-0.25, -0.2) is 5.09 Å². The molecular weight excluding hydrogens is 145 g/mol. The molecule has 0 saturated carbocycles. The Kier molecular flexibility index (Phi) is 3.44. The Morgan fingerprint density at radius 1 is 1.75 bits per heavy atom. The van der Waals surface area contributed by atoms with Gasteiger partial charge in [0.1, 0.15) is 0 Å². The monoisotopic (exact) mass is 153 g/mol. The molecule has 0 spiro atoms. The molecule has 5 heteroatoms. The first kappa shape index (κ1) is 8.27. The van der Waals surface area contributed by atoms with Crippen LogP contribution in [-0.2, 0) is 11.8 Å². The highest BCUT2D eigenvalue weighted by Gasteiger charge is 2.01. The summed E-state index contributed by atoms with van der Waals surface area (Å²) in [5.74, 6) is 0. The van der Waals surface area contributed by atoms with Crippen LogP contribution in [0.2, 0.25) is 0 Å². The zero-order valence-electron chi connectivity index (χ0n) is 4.24. The fraction of sp³-hybridized carbons (Fsp3) is 0.333. The van der Waals surface area contributed by atoms with E-state index in [2.05, 4.69) is 23.5 Å². The van der Waals surface area contributed by atoms with E-state index in [-0.39, 0.29) is 0 Å². The lowest BCUT2D eigenvalue weighted by molar-refractivity contribution is 0.465. The molecule has 8 heavy (non-hydrogen) atoms. The van der Waals surface area contributed by atoms with Crippen LogP contribution in [0.1, 0.15) is 0 Å². The summed E-state index contributed by atoms with van der Waals surface area (Å²) in [6.07, 6.45) is 1.51. The maximum atomic E-state index is 8.47. The summed E-state index contributed by atoms with van der Waals surface area (Å²) in [5.41, 5.74) is 0. The first-order valence-electron chi connectivity index (χ1n) is 1.98. The molecule has 0 aliphatic heterocycles. The van der Waals surface area contributed by atoms with E-state index in [9.17, 15) is 0 Å². The van der Waals surface area contributed by atoms with E-state index in [1.165, 1.54) is 6.08 Å². The van der Waals surface area contributed by atoms with Crippen molar-refractivity contribution in [2.75, 3.05) is 6.54 Å². The molecule has 0 rings (SSSR count). The highest BCUT2D eigenvalue weighted by atomic mass is 32.5.